The van der Waals surface area contributed by atoms with Crippen molar-refractivity contribution in [1.29, 1.82) is 5.41 Å². The molecule has 0 aliphatic rings. The molecule has 7 aromatic carbocycles. The van der Waals surface area contributed by atoms with Crippen LogP contribution in [0.2, 0.25) is 0 Å². The Balaban J connectivity index is 1.41. The number of benzene rings is 7. The van der Waals surface area contributed by atoms with Crippen LogP contribution in [0.25, 0.3) is 71.3 Å². The highest BCUT2D eigenvalue weighted by Gasteiger charge is 2.16. The van der Waals surface area contributed by atoms with Gasteiger partial charge in [-0.3, -0.25) is 0 Å². The zero-order valence-electron chi connectivity index (χ0n) is 24.1. The molecule has 0 aliphatic carbocycles. The molecule has 0 spiro atoms. The van der Waals surface area contributed by atoms with Crippen molar-refractivity contribution in [2.45, 2.75) is 6.92 Å². The highest BCUT2D eigenvalue weighted by Crippen LogP contribution is 2.44. The molecule has 0 atom stereocenters. The largest absolute Gasteiger partial charge is 0.309 e. The van der Waals surface area contributed by atoms with Crippen molar-refractivity contribution >= 4 is 44.1 Å². The second-order valence-electron chi connectivity index (χ2n) is 11.1. The van der Waals surface area contributed by atoms with Crippen molar-refractivity contribution in [3.63, 3.8) is 0 Å². The monoisotopic (exact) mass is 549 g/mol. The van der Waals surface area contributed by atoms with Gasteiger partial charge >= 0.3 is 0 Å². The van der Waals surface area contributed by atoms with E-state index in [0.29, 0.717) is 0 Å². The fourth-order valence-electron chi connectivity index (χ4n) is 6.36. The van der Waals surface area contributed by atoms with Crippen LogP contribution < -0.4 is 0 Å². The highest BCUT2D eigenvalue weighted by atomic mass is 14.3. The average molecular weight is 550 g/mol. The predicted octanol–water partition coefficient (Wildman–Crippen LogP) is 11.7. The summed E-state index contributed by atoms with van der Waals surface area (Å²) in [6, 6.07) is 48.5. The fraction of sp³-hybridized carbons (Fsp3) is 0.0238. The number of allylic oxidation sites excluding steroid dienone is 3. The maximum absolute atomic E-state index is 7.42. The Labute approximate surface area is 252 Å². The molecule has 43 heavy (non-hydrogen) atoms. The normalized spacial score (nSPS) is 11.7. The van der Waals surface area contributed by atoms with Crippen LogP contribution in [0.1, 0.15) is 11.1 Å². The van der Waals surface area contributed by atoms with Gasteiger partial charge in [-0.15, -0.1) is 0 Å². The Morgan fingerprint density at radius 3 is 1.63 bits per heavy atom. The zero-order chi connectivity index (χ0) is 29.3. The molecule has 1 N–H and O–H groups in total. The van der Waals surface area contributed by atoms with Crippen molar-refractivity contribution in [3.8, 4) is 33.4 Å². The second-order valence-corrected chi connectivity index (χ2v) is 11.1. The van der Waals surface area contributed by atoms with Gasteiger partial charge in [0.1, 0.15) is 0 Å². The fourth-order valence-corrected chi connectivity index (χ4v) is 6.36. The summed E-state index contributed by atoms with van der Waals surface area (Å²) in [5, 5.41) is 14.9. The van der Waals surface area contributed by atoms with Crippen LogP contribution in [0.4, 0.5) is 0 Å². The van der Waals surface area contributed by atoms with Crippen LogP contribution in [0.5, 0.6) is 0 Å². The van der Waals surface area contributed by atoms with Gasteiger partial charge in [-0.1, -0.05) is 140 Å². The van der Waals surface area contributed by atoms with E-state index in [1.807, 2.05) is 0 Å². The van der Waals surface area contributed by atoms with E-state index in [2.05, 4.69) is 147 Å². The highest BCUT2D eigenvalue weighted by molar-refractivity contribution is 6.21. The zero-order valence-corrected chi connectivity index (χ0v) is 24.1. The van der Waals surface area contributed by atoms with Gasteiger partial charge in [0.05, 0.1) is 0 Å². The van der Waals surface area contributed by atoms with Crippen LogP contribution >= 0.6 is 0 Å². The van der Waals surface area contributed by atoms with Crippen molar-refractivity contribution < 1.29 is 0 Å². The van der Waals surface area contributed by atoms with Crippen LogP contribution in [-0.4, -0.2) is 6.21 Å². The molecule has 0 aliphatic heterocycles. The third-order valence-electron chi connectivity index (χ3n) is 8.40. The summed E-state index contributed by atoms with van der Waals surface area (Å²) in [4.78, 5) is 0. The van der Waals surface area contributed by atoms with E-state index in [9.17, 15) is 0 Å². The number of hydrogen-bond acceptors (Lipinski definition) is 1. The van der Waals surface area contributed by atoms with E-state index in [1.165, 1.54) is 71.9 Å². The first kappa shape index (κ1) is 26.4. The predicted molar refractivity (Wildman–Crippen MR) is 187 cm³/mol. The lowest BCUT2D eigenvalue weighted by Gasteiger charge is -2.18. The van der Waals surface area contributed by atoms with Crippen molar-refractivity contribution in [2.24, 2.45) is 0 Å². The maximum Gasteiger partial charge on any atom is 0.0183 e. The quantitative estimate of drug-likeness (QED) is 0.121. The number of aryl methyl sites for hydroxylation is 1. The van der Waals surface area contributed by atoms with E-state index in [0.717, 1.165) is 16.7 Å². The maximum atomic E-state index is 7.42. The van der Waals surface area contributed by atoms with Gasteiger partial charge < -0.3 is 5.41 Å². The Bertz CT molecular complexity index is 2160. The SMILES string of the molecule is C=C/C(=C\C=N)c1ccc(-c2ccc3ccc(-c4c5ccccc5c(-c5cccc(C)c5)c5ccccc45)cc3c2)cc1. The summed E-state index contributed by atoms with van der Waals surface area (Å²) in [6.45, 7) is 6.05. The lowest BCUT2D eigenvalue weighted by atomic mass is 9.85. The third kappa shape index (κ3) is 4.75. The molecule has 0 unspecified atom stereocenters. The van der Waals surface area contributed by atoms with Crippen molar-refractivity contribution in [1.82, 2.24) is 0 Å². The summed E-state index contributed by atoms with van der Waals surface area (Å²) < 4.78 is 0. The van der Waals surface area contributed by atoms with Gasteiger partial charge in [0, 0.05) is 6.21 Å². The second kappa shape index (κ2) is 11.0. The first-order valence-electron chi connectivity index (χ1n) is 14.6. The van der Waals surface area contributed by atoms with E-state index < -0.39 is 0 Å². The summed E-state index contributed by atoms with van der Waals surface area (Å²) in [5.74, 6) is 0. The molecular formula is C42H31N. The van der Waals surface area contributed by atoms with Crippen LogP contribution in [-0.2, 0) is 0 Å². The third-order valence-corrected chi connectivity index (χ3v) is 8.40. The molecular weight excluding hydrogens is 518 g/mol. The first-order valence-corrected chi connectivity index (χ1v) is 14.6. The average Bonchev–Trinajstić information content (AvgIpc) is 3.05. The van der Waals surface area contributed by atoms with Gasteiger partial charge in [0.25, 0.3) is 0 Å². The first-order chi connectivity index (χ1) is 21.1. The Hall–Kier alpha value is -5.53. The minimum atomic E-state index is 0.942. The van der Waals surface area contributed by atoms with Crippen LogP contribution in [0, 0.1) is 12.3 Å². The molecule has 0 saturated carbocycles. The van der Waals surface area contributed by atoms with Gasteiger partial charge in [-0.05, 0) is 102 Å². The van der Waals surface area contributed by atoms with Gasteiger partial charge in [-0.25, -0.2) is 0 Å². The molecule has 0 saturated heterocycles. The molecule has 0 aromatic heterocycles. The lowest BCUT2D eigenvalue weighted by Crippen LogP contribution is -1.91. The molecule has 7 rings (SSSR count). The Morgan fingerprint density at radius 1 is 0.535 bits per heavy atom. The van der Waals surface area contributed by atoms with E-state index in [1.54, 1.807) is 12.2 Å². The molecule has 0 bridgehead atoms. The molecule has 0 amide bonds. The van der Waals surface area contributed by atoms with E-state index in [-0.39, 0.29) is 0 Å². The minimum Gasteiger partial charge on any atom is -0.309 e. The lowest BCUT2D eigenvalue weighted by molar-refractivity contribution is 1.47. The van der Waals surface area contributed by atoms with Crippen LogP contribution in [0.3, 0.4) is 0 Å². The van der Waals surface area contributed by atoms with E-state index in [4.69, 9.17) is 5.41 Å². The molecule has 1 nitrogen and oxygen atoms in total. The smallest absolute Gasteiger partial charge is 0.0183 e. The minimum absolute atomic E-state index is 0.942. The topological polar surface area (TPSA) is 23.9 Å². The Kier molecular flexibility index (Phi) is 6.77. The number of hydrogen-bond donors (Lipinski definition) is 1. The molecule has 0 radical (unpaired) electrons. The van der Waals surface area contributed by atoms with Crippen LogP contribution in [0.15, 0.2) is 152 Å². The molecule has 0 fully saturated rings. The summed E-state index contributed by atoms with van der Waals surface area (Å²) >= 11 is 0. The molecule has 1 heteroatoms. The van der Waals surface area contributed by atoms with Crippen molar-refractivity contribution in [2.75, 3.05) is 0 Å². The number of rotatable bonds is 6. The van der Waals surface area contributed by atoms with Gasteiger partial charge in [0.2, 0.25) is 0 Å². The number of fused-ring (bicyclic) bond motifs is 3. The van der Waals surface area contributed by atoms with E-state index >= 15 is 0 Å². The Morgan fingerprint density at radius 2 is 1.07 bits per heavy atom. The standard InChI is InChI=1S/C42H31N/c1-3-29(23-24-43)30-15-17-31(18-16-30)33-21-19-32-20-22-35(27-36(32)26-33)42-39-13-6-4-11-37(39)41(34-10-8-9-28(2)25-34)38-12-5-7-14-40(38)42/h3-27,43H,1H2,2H3/b29-23+,43-24?. The molecule has 7 aromatic rings. The van der Waals surface area contributed by atoms with Gasteiger partial charge in [0.15, 0.2) is 0 Å². The summed E-state index contributed by atoms with van der Waals surface area (Å²) in [5.41, 5.74) is 10.6. The number of nitrogens with one attached hydrogen (secondary N) is 1. The summed E-state index contributed by atoms with van der Waals surface area (Å²) in [7, 11) is 0. The molecule has 204 valence electrons. The summed E-state index contributed by atoms with van der Waals surface area (Å²) in [6.07, 6.45) is 4.85. The van der Waals surface area contributed by atoms with Crippen molar-refractivity contribution in [3.05, 3.63) is 163 Å². The van der Waals surface area contributed by atoms with Gasteiger partial charge in [-0.2, -0.15) is 0 Å². The molecule has 0 heterocycles.